The van der Waals surface area contributed by atoms with E-state index in [1.807, 2.05) is 19.9 Å². The summed E-state index contributed by atoms with van der Waals surface area (Å²) in [7, 11) is 0. The molecule has 122 valence electrons. The number of hydrogen-bond acceptors (Lipinski definition) is 7. The molecule has 0 amide bonds. The number of carbonyl (C=O) groups is 1. The van der Waals surface area contributed by atoms with Gasteiger partial charge in [-0.25, -0.2) is 9.97 Å². The first-order valence-electron chi connectivity index (χ1n) is 7.55. The van der Waals surface area contributed by atoms with Crippen LogP contribution in [0.4, 0.5) is 17.5 Å². The van der Waals surface area contributed by atoms with Crippen molar-refractivity contribution < 1.29 is 14.4 Å². The summed E-state index contributed by atoms with van der Waals surface area (Å²) >= 11 is 0. The quantitative estimate of drug-likeness (QED) is 0.883. The lowest BCUT2D eigenvalue weighted by Crippen LogP contribution is -2.36. The topological polar surface area (TPSA) is 104 Å². The number of nitrogens with one attached hydrogen (secondary N) is 1. The number of aryl methyl sites for hydroxylation is 2. The first-order chi connectivity index (χ1) is 11.0. The minimum atomic E-state index is -0.715. The lowest BCUT2D eigenvalue weighted by molar-refractivity contribution is -0.142. The molecule has 1 aliphatic rings. The highest BCUT2D eigenvalue weighted by Crippen LogP contribution is 2.24. The summed E-state index contributed by atoms with van der Waals surface area (Å²) in [6, 6.07) is 3.63. The number of piperidine rings is 1. The fraction of sp³-hybridized carbons (Fsp3) is 0.467. The molecule has 1 fully saturated rings. The van der Waals surface area contributed by atoms with Crippen molar-refractivity contribution in [1.82, 2.24) is 15.1 Å². The van der Waals surface area contributed by atoms with Gasteiger partial charge in [0.05, 0.1) is 5.92 Å². The Morgan fingerprint density at radius 1 is 1.26 bits per heavy atom. The Hall–Kier alpha value is -2.64. The molecule has 2 aromatic heterocycles. The molecule has 8 heteroatoms. The van der Waals surface area contributed by atoms with E-state index in [1.54, 1.807) is 6.07 Å². The molecule has 0 spiro atoms. The molecule has 1 aliphatic heterocycles. The molecule has 23 heavy (non-hydrogen) atoms. The van der Waals surface area contributed by atoms with E-state index in [-0.39, 0.29) is 5.92 Å². The Kier molecular flexibility index (Phi) is 4.14. The highest BCUT2D eigenvalue weighted by molar-refractivity contribution is 5.70. The van der Waals surface area contributed by atoms with Crippen molar-refractivity contribution in [3.05, 3.63) is 23.7 Å². The number of carboxylic acid groups (broad SMARTS) is 1. The van der Waals surface area contributed by atoms with Crippen molar-refractivity contribution in [2.75, 3.05) is 23.3 Å². The highest BCUT2D eigenvalue weighted by atomic mass is 16.5. The molecule has 0 bridgehead atoms. The van der Waals surface area contributed by atoms with Crippen molar-refractivity contribution in [2.24, 2.45) is 5.92 Å². The molecule has 0 unspecified atom stereocenters. The number of aromatic nitrogens is 3. The molecule has 0 aromatic carbocycles. The molecule has 2 aromatic rings. The molecular weight excluding hydrogens is 298 g/mol. The average Bonchev–Trinajstić information content (AvgIpc) is 2.92. The monoisotopic (exact) mass is 317 g/mol. The Labute approximate surface area is 133 Å². The van der Waals surface area contributed by atoms with Crippen LogP contribution >= 0.6 is 0 Å². The summed E-state index contributed by atoms with van der Waals surface area (Å²) in [6.07, 6.45) is 1.26. The van der Waals surface area contributed by atoms with E-state index >= 15 is 0 Å². The van der Waals surface area contributed by atoms with E-state index in [1.165, 1.54) is 0 Å². The lowest BCUT2D eigenvalue weighted by Gasteiger charge is -2.31. The van der Waals surface area contributed by atoms with Crippen molar-refractivity contribution in [2.45, 2.75) is 26.7 Å². The summed E-state index contributed by atoms with van der Waals surface area (Å²) in [5, 5.41) is 16.1. The second-order valence-corrected chi connectivity index (χ2v) is 5.71. The number of hydrogen-bond donors (Lipinski definition) is 2. The zero-order chi connectivity index (χ0) is 16.4. The van der Waals surface area contributed by atoms with Crippen LogP contribution in [0.2, 0.25) is 0 Å². The summed E-state index contributed by atoms with van der Waals surface area (Å²) < 4.78 is 5.03. The van der Waals surface area contributed by atoms with Crippen LogP contribution in [0.15, 0.2) is 16.7 Å². The van der Waals surface area contributed by atoms with Gasteiger partial charge in [-0.1, -0.05) is 5.16 Å². The van der Waals surface area contributed by atoms with Gasteiger partial charge in [0.1, 0.15) is 23.2 Å². The standard InChI is InChI=1S/C15H19N5O3/c1-9-7-13(19-23-9)18-12-8-14(17-10(2)16-12)20-5-3-11(4-6-20)15(21)22/h7-8,11H,3-6H2,1-2H3,(H,21,22)(H,16,17,18,19). The Bertz CT molecular complexity index is 707. The van der Waals surface area contributed by atoms with Gasteiger partial charge in [0.15, 0.2) is 5.82 Å². The SMILES string of the molecule is Cc1nc(Nc2cc(C)on2)cc(N2CCC(C(=O)O)CC2)n1. The summed E-state index contributed by atoms with van der Waals surface area (Å²) in [6.45, 7) is 5.00. The van der Waals surface area contributed by atoms with Crippen LogP contribution in [0, 0.1) is 19.8 Å². The van der Waals surface area contributed by atoms with Crippen LogP contribution in [-0.2, 0) is 4.79 Å². The Morgan fingerprint density at radius 2 is 2.00 bits per heavy atom. The fourth-order valence-corrected chi connectivity index (χ4v) is 2.69. The molecular formula is C15H19N5O3. The van der Waals surface area contributed by atoms with Gasteiger partial charge < -0.3 is 19.8 Å². The van der Waals surface area contributed by atoms with Crippen molar-refractivity contribution in [3.8, 4) is 0 Å². The molecule has 0 saturated carbocycles. The predicted octanol–water partition coefficient (Wildman–Crippen LogP) is 2.13. The van der Waals surface area contributed by atoms with Gasteiger partial charge >= 0.3 is 5.97 Å². The van der Waals surface area contributed by atoms with Gasteiger partial charge in [0.25, 0.3) is 0 Å². The maximum absolute atomic E-state index is 11.0. The number of nitrogens with zero attached hydrogens (tertiary/aromatic N) is 4. The normalized spacial score (nSPS) is 15.7. The molecule has 2 N–H and O–H groups in total. The molecule has 0 radical (unpaired) electrons. The van der Waals surface area contributed by atoms with E-state index < -0.39 is 5.97 Å². The highest BCUT2D eigenvalue weighted by Gasteiger charge is 2.25. The van der Waals surface area contributed by atoms with Crippen LogP contribution in [-0.4, -0.2) is 39.3 Å². The third kappa shape index (κ3) is 3.58. The van der Waals surface area contributed by atoms with E-state index in [4.69, 9.17) is 9.63 Å². The predicted molar refractivity (Wildman–Crippen MR) is 83.9 cm³/mol. The van der Waals surface area contributed by atoms with Crippen LogP contribution in [0.1, 0.15) is 24.4 Å². The molecule has 0 aliphatic carbocycles. The Morgan fingerprint density at radius 3 is 2.61 bits per heavy atom. The van der Waals surface area contributed by atoms with Crippen LogP contribution in [0.5, 0.6) is 0 Å². The van der Waals surface area contributed by atoms with Gasteiger partial charge in [0, 0.05) is 25.2 Å². The van der Waals surface area contributed by atoms with Gasteiger partial charge in [0.2, 0.25) is 0 Å². The van der Waals surface area contributed by atoms with Crippen LogP contribution in [0.25, 0.3) is 0 Å². The third-order valence-electron chi connectivity index (χ3n) is 3.88. The van der Waals surface area contributed by atoms with E-state index in [2.05, 4.69) is 25.3 Å². The smallest absolute Gasteiger partial charge is 0.306 e. The lowest BCUT2D eigenvalue weighted by atomic mass is 9.97. The fourth-order valence-electron chi connectivity index (χ4n) is 2.69. The van der Waals surface area contributed by atoms with Crippen molar-refractivity contribution in [1.29, 1.82) is 0 Å². The van der Waals surface area contributed by atoms with Crippen molar-refractivity contribution >= 4 is 23.4 Å². The largest absolute Gasteiger partial charge is 0.481 e. The maximum atomic E-state index is 11.0. The number of aliphatic carboxylic acids is 1. The summed E-state index contributed by atoms with van der Waals surface area (Å²) in [4.78, 5) is 21.9. The molecule has 1 saturated heterocycles. The van der Waals surface area contributed by atoms with E-state index in [0.29, 0.717) is 49.2 Å². The van der Waals surface area contributed by atoms with Gasteiger partial charge in [-0.2, -0.15) is 0 Å². The minimum Gasteiger partial charge on any atom is -0.481 e. The minimum absolute atomic E-state index is 0.259. The Balaban J connectivity index is 1.74. The van der Waals surface area contributed by atoms with Crippen molar-refractivity contribution in [3.63, 3.8) is 0 Å². The molecule has 3 rings (SSSR count). The zero-order valence-corrected chi connectivity index (χ0v) is 13.1. The number of rotatable bonds is 4. The molecule has 0 atom stereocenters. The summed E-state index contributed by atoms with van der Waals surface area (Å²) in [5.41, 5.74) is 0. The first kappa shape index (κ1) is 15.3. The summed E-state index contributed by atoms with van der Waals surface area (Å²) in [5.74, 6) is 2.42. The van der Waals surface area contributed by atoms with Crippen LogP contribution < -0.4 is 10.2 Å². The average molecular weight is 317 g/mol. The number of carboxylic acids is 1. The third-order valence-corrected chi connectivity index (χ3v) is 3.88. The zero-order valence-electron chi connectivity index (χ0n) is 13.1. The molecule has 8 nitrogen and oxygen atoms in total. The van der Waals surface area contributed by atoms with E-state index in [9.17, 15) is 4.79 Å². The van der Waals surface area contributed by atoms with Gasteiger partial charge in [-0.15, -0.1) is 0 Å². The molecule has 3 heterocycles. The van der Waals surface area contributed by atoms with Gasteiger partial charge in [-0.3, -0.25) is 4.79 Å². The van der Waals surface area contributed by atoms with E-state index in [0.717, 1.165) is 5.82 Å². The first-order valence-corrected chi connectivity index (χ1v) is 7.55. The van der Waals surface area contributed by atoms with Crippen LogP contribution in [0.3, 0.4) is 0 Å². The van der Waals surface area contributed by atoms with Gasteiger partial charge in [-0.05, 0) is 26.7 Å². The second kappa shape index (κ2) is 6.23. The second-order valence-electron chi connectivity index (χ2n) is 5.71. The maximum Gasteiger partial charge on any atom is 0.306 e. The number of anilines is 3.